The van der Waals surface area contributed by atoms with Gasteiger partial charge in [-0.1, -0.05) is 30.3 Å². The van der Waals surface area contributed by atoms with Crippen LogP contribution in [0.25, 0.3) is 0 Å². The van der Waals surface area contributed by atoms with E-state index in [1.165, 1.54) is 23.1 Å². The molecule has 0 bridgehead atoms. The lowest BCUT2D eigenvalue weighted by Gasteiger charge is -2.18. The summed E-state index contributed by atoms with van der Waals surface area (Å²) in [7, 11) is 1.61. The molecule has 0 aliphatic carbocycles. The van der Waals surface area contributed by atoms with E-state index in [-0.39, 0.29) is 23.7 Å². The molecule has 2 N–H and O–H groups in total. The fraction of sp³-hybridized carbons (Fsp3) is 0.222. The number of likely N-dealkylation sites (N-methyl/N-ethyl adjacent to an activating group) is 1. The van der Waals surface area contributed by atoms with E-state index in [9.17, 15) is 22.8 Å². The summed E-state index contributed by atoms with van der Waals surface area (Å²) >= 11 is 0. The Hall–Kier alpha value is -3.03. The van der Waals surface area contributed by atoms with Crippen molar-refractivity contribution in [2.24, 2.45) is 0 Å². The first kappa shape index (κ1) is 19.3. The van der Waals surface area contributed by atoms with Crippen LogP contribution in [0.15, 0.2) is 54.6 Å². The lowest BCUT2D eigenvalue weighted by atomic mass is 10.1. The van der Waals surface area contributed by atoms with Crippen LogP contribution >= 0.6 is 0 Å². The minimum atomic E-state index is -4.49. The number of nitrogens with one attached hydrogen (secondary N) is 2. The molecule has 0 unspecified atom stereocenters. The third kappa shape index (κ3) is 5.51. The minimum absolute atomic E-state index is 0.0342. The number of benzene rings is 2. The topological polar surface area (TPSA) is 61.4 Å². The van der Waals surface area contributed by atoms with Gasteiger partial charge in [-0.25, -0.2) is 0 Å². The van der Waals surface area contributed by atoms with E-state index in [2.05, 4.69) is 5.32 Å². The smallest absolute Gasteiger partial charge is 0.375 e. The molecule has 2 amide bonds. The molecular weight excluding hydrogens is 347 g/mol. The number of anilines is 2. The zero-order chi connectivity index (χ0) is 19.2. The van der Waals surface area contributed by atoms with Crippen molar-refractivity contribution < 1.29 is 22.8 Å². The Labute approximate surface area is 148 Å². The molecule has 0 atom stereocenters. The van der Waals surface area contributed by atoms with Gasteiger partial charge in [-0.3, -0.25) is 9.59 Å². The van der Waals surface area contributed by atoms with Crippen molar-refractivity contribution in [1.29, 1.82) is 0 Å². The van der Waals surface area contributed by atoms with E-state index >= 15 is 0 Å². The Morgan fingerprint density at radius 2 is 1.62 bits per heavy atom. The summed E-state index contributed by atoms with van der Waals surface area (Å²) in [6.45, 7) is -1.54. The highest BCUT2D eigenvalue weighted by Gasteiger charge is 2.28. The molecule has 2 aromatic rings. The fourth-order valence-electron chi connectivity index (χ4n) is 2.20. The van der Waals surface area contributed by atoms with Gasteiger partial charge in [0.05, 0.1) is 12.1 Å². The molecule has 0 spiro atoms. The molecule has 0 saturated carbocycles. The summed E-state index contributed by atoms with van der Waals surface area (Å²) in [5.41, 5.74) is 1.02. The Kier molecular flexibility index (Phi) is 6.21. The van der Waals surface area contributed by atoms with Crippen molar-refractivity contribution in [1.82, 2.24) is 5.32 Å². The summed E-state index contributed by atoms with van der Waals surface area (Å²) < 4.78 is 36.8. The highest BCUT2D eigenvalue weighted by Crippen LogP contribution is 2.17. The monoisotopic (exact) mass is 365 g/mol. The van der Waals surface area contributed by atoms with Crippen LogP contribution in [0.3, 0.4) is 0 Å². The van der Waals surface area contributed by atoms with Crippen molar-refractivity contribution in [3.63, 3.8) is 0 Å². The molecule has 0 aliphatic rings. The van der Waals surface area contributed by atoms with E-state index in [1.54, 1.807) is 37.4 Å². The Balaban J connectivity index is 2.01. The van der Waals surface area contributed by atoms with Gasteiger partial charge in [0.15, 0.2) is 0 Å². The maximum absolute atomic E-state index is 12.3. The molecular formula is C18H18F3N3O2. The van der Waals surface area contributed by atoms with Crippen molar-refractivity contribution >= 4 is 23.2 Å². The number of hydrogen-bond acceptors (Lipinski definition) is 3. The summed E-state index contributed by atoms with van der Waals surface area (Å²) in [5.74, 6) is -1.13. The number of alkyl halides is 3. The zero-order valence-electron chi connectivity index (χ0n) is 14.0. The van der Waals surface area contributed by atoms with Crippen LogP contribution in [0, 0.1) is 0 Å². The van der Waals surface area contributed by atoms with Crippen molar-refractivity contribution in [2.75, 3.05) is 30.4 Å². The van der Waals surface area contributed by atoms with Gasteiger partial charge < -0.3 is 15.5 Å². The van der Waals surface area contributed by atoms with Gasteiger partial charge in [0.1, 0.15) is 6.54 Å². The predicted molar refractivity (Wildman–Crippen MR) is 93.2 cm³/mol. The van der Waals surface area contributed by atoms with Gasteiger partial charge in [-0.2, -0.15) is 13.2 Å². The average molecular weight is 365 g/mol. The summed E-state index contributed by atoms with van der Waals surface area (Å²) in [6.07, 6.45) is -4.49. The quantitative estimate of drug-likeness (QED) is 0.827. The molecule has 0 heterocycles. The first-order valence-corrected chi connectivity index (χ1v) is 7.77. The van der Waals surface area contributed by atoms with Crippen molar-refractivity contribution in [2.45, 2.75) is 6.18 Å². The van der Waals surface area contributed by atoms with Crippen molar-refractivity contribution in [3.8, 4) is 0 Å². The largest absolute Gasteiger partial charge is 0.405 e. The number of amides is 2. The van der Waals surface area contributed by atoms with Crippen LogP contribution in [0.5, 0.6) is 0 Å². The van der Waals surface area contributed by atoms with Crippen LogP contribution in [-0.2, 0) is 4.79 Å². The molecule has 2 rings (SSSR count). The molecule has 0 fully saturated rings. The second-order valence-corrected chi connectivity index (χ2v) is 5.49. The molecule has 0 aromatic heterocycles. The molecule has 0 radical (unpaired) electrons. The highest BCUT2D eigenvalue weighted by atomic mass is 19.4. The molecule has 0 saturated heterocycles. The van der Waals surface area contributed by atoms with Crippen molar-refractivity contribution in [3.05, 3.63) is 60.2 Å². The van der Waals surface area contributed by atoms with E-state index in [4.69, 9.17) is 0 Å². The summed E-state index contributed by atoms with van der Waals surface area (Å²) in [4.78, 5) is 25.7. The first-order chi connectivity index (χ1) is 12.3. The standard InChI is InChI=1S/C18H18F3N3O2/c1-24(13-7-3-2-4-8-13)16(25)11-22-15-10-6-5-9-14(15)17(26)23-12-18(19,20)21/h2-10,22H,11-12H2,1H3,(H,23,26). The number of rotatable bonds is 6. The average Bonchev–Trinajstić information content (AvgIpc) is 2.64. The first-order valence-electron chi connectivity index (χ1n) is 7.77. The fourth-order valence-corrected chi connectivity index (χ4v) is 2.20. The second-order valence-electron chi connectivity index (χ2n) is 5.49. The van der Waals surface area contributed by atoms with E-state index in [1.807, 2.05) is 11.4 Å². The maximum atomic E-state index is 12.3. The van der Waals surface area contributed by atoms with E-state index < -0.39 is 18.6 Å². The number of halogens is 3. The van der Waals surface area contributed by atoms with Gasteiger partial charge in [0.2, 0.25) is 5.91 Å². The normalized spacial score (nSPS) is 10.9. The molecule has 2 aromatic carbocycles. The molecule has 0 aliphatic heterocycles. The summed E-state index contributed by atoms with van der Waals surface area (Å²) in [6, 6.07) is 15.0. The Morgan fingerprint density at radius 1 is 1.00 bits per heavy atom. The van der Waals surface area contributed by atoms with E-state index in [0.717, 1.165) is 0 Å². The van der Waals surface area contributed by atoms with Crippen LogP contribution in [-0.4, -0.2) is 38.1 Å². The lowest BCUT2D eigenvalue weighted by molar-refractivity contribution is -0.123. The third-order valence-corrected chi connectivity index (χ3v) is 3.57. The number of para-hydroxylation sites is 2. The van der Waals surface area contributed by atoms with Gasteiger partial charge in [-0.15, -0.1) is 0 Å². The number of hydrogen-bond donors (Lipinski definition) is 2. The third-order valence-electron chi connectivity index (χ3n) is 3.57. The Morgan fingerprint density at radius 3 is 2.27 bits per heavy atom. The van der Waals surface area contributed by atoms with E-state index in [0.29, 0.717) is 5.69 Å². The van der Waals surface area contributed by atoms with Crippen LogP contribution in [0.2, 0.25) is 0 Å². The maximum Gasteiger partial charge on any atom is 0.405 e. The molecule has 138 valence electrons. The molecule has 26 heavy (non-hydrogen) atoms. The van der Waals surface area contributed by atoms with Crippen LogP contribution in [0.1, 0.15) is 10.4 Å². The molecule has 5 nitrogen and oxygen atoms in total. The summed E-state index contributed by atoms with van der Waals surface area (Å²) in [5, 5.41) is 4.62. The number of carbonyl (C=O) groups is 2. The minimum Gasteiger partial charge on any atom is -0.375 e. The van der Waals surface area contributed by atoms with Gasteiger partial charge >= 0.3 is 6.18 Å². The SMILES string of the molecule is CN(C(=O)CNc1ccccc1C(=O)NCC(F)(F)F)c1ccccc1. The number of carbonyl (C=O) groups excluding carboxylic acids is 2. The highest BCUT2D eigenvalue weighted by molar-refractivity contribution is 6.01. The number of nitrogens with zero attached hydrogens (tertiary/aromatic N) is 1. The van der Waals surface area contributed by atoms with Gasteiger partial charge in [-0.05, 0) is 24.3 Å². The lowest BCUT2D eigenvalue weighted by Crippen LogP contribution is -2.35. The Bertz CT molecular complexity index is 764. The predicted octanol–water partition coefficient (Wildman–Crippen LogP) is 3.05. The molecule has 8 heteroatoms. The second kappa shape index (κ2) is 8.37. The van der Waals surface area contributed by atoms with Crippen LogP contribution in [0.4, 0.5) is 24.5 Å². The van der Waals surface area contributed by atoms with Crippen LogP contribution < -0.4 is 15.5 Å². The van der Waals surface area contributed by atoms with Gasteiger partial charge in [0, 0.05) is 18.4 Å². The van der Waals surface area contributed by atoms with Gasteiger partial charge in [0.25, 0.3) is 5.91 Å². The zero-order valence-corrected chi connectivity index (χ0v) is 14.0.